The Labute approximate surface area is 190 Å². The summed E-state index contributed by atoms with van der Waals surface area (Å²) in [7, 11) is 2.30. The number of alkyl halides is 3. The number of fused-ring (bicyclic) bond motifs is 1. The van der Waals surface area contributed by atoms with Gasteiger partial charge < -0.3 is 19.5 Å². The Bertz CT molecular complexity index is 1150. The number of pyridine rings is 1. The average molecular weight is 486 g/mol. The lowest BCUT2D eigenvalue weighted by atomic mass is 9.76. The number of carbonyl (C=O) groups excluding carboxylic acids is 2. The molecule has 1 atom stereocenters. The molecule has 12 heteroatoms. The molecule has 3 aliphatic carbocycles. The van der Waals surface area contributed by atoms with Crippen molar-refractivity contribution in [3.05, 3.63) is 47.2 Å². The maximum atomic E-state index is 14.0. The number of esters is 1. The smallest absolute Gasteiger partial charge is 0.417 e. The van der Waals surface area contributed by atoms with Gasteiger partial charge in [-0.3, -0.25) is 9.59 Å². The highest BCUT2D eigenvalue weighted by molar-refractivity contribution is 5.97. The summed E-state index contributed by atoms with van der Waals surface area (Å²) in [5.74, 6) is -5.94. The topological polar surface area (TPSA) is 86.8 Å². The minimum atomic E-state index is -4.80. The molecule has 1 aromatic carbocycles. The van der Waals surface area contributed by atoms with Gasteiger partial charge in [0.1, 0.15) is 5.56 Å². The molecule has 34 heavy (non-hydrogen) atoms. The van der Waals surface area contributed by atoms with Crippen molar-refractivity contribution >= 4 is 11.9 Å². The number of methoxy groups -OCH3 is 2. The van der Waals surface area contributed by atoms with Crippen molar-refractivity contribution in [3.63, 3.8) is 0 Å². The summed E-state index contributed by atoms with van der Waals surface area (Å²) >= 11 is 0. The van der Waals surface area contributed by atoms with Gasteiger partial charge in [-0.05, 0) is 43.4 Å². The molecule has 1 heterocycles. The zero-order chi connectivity index (χ0) is 24.8. The average Bonchev–Trinajstić information content (AvgIpc) is 3.31. The summed E-state index contributed by atoms with van der Waals surface area (Å²) in [4.78, 5) is 28.6. The van der Waals surface area contributed by atoms with Gasteiger partial charge in [0, 0.05) is 11.7 Å². The summed E-state index contributed by atoms with van der Waals surface area (Å²) < 4.78 is 82.4. The van der Waals surface area contributed by atoms with Gasteiger partial charge >= 0.3 is 12.1 Å². The third kappa shape index (κ3) is 4.12. The summed E-state index contributed by atoms with van der Waals surface area (Å²) in [5.41, 5.74) is -2.54. The van der Waals surface area contributed by atoms with Crippen LogP contribution in [0, 0.1) is 23.5 Å². The van der Waals surface area contributed by atoms with Crippen LogP contribution in [0.3, 0.4) is 0 Å². The summed E-state index contributed by atoms with van der Waals surface area (Å²) in [6.07, 6.45) is -3.12. The molecular weight excluding hydrogens is 467 g/mol. The number of hydrogen-bond acceptors (Lipinski definition) is 6. The van der Waals surface area contributed by atoms with E-state index in [0.29, 0.717) is 25.1 Å². The van der Waals surface area contributed by atoms with Gasteiger partial charge in [0.05, 0.1) is 25.7 Å². The van der Waals surface area contributed by atoms with E-state index in [1.165, 1.54) is 7.11 Å². The van der Waals surface area contributed by atoms with E-state index >= 15 is 0 Å². The standard InChI is InChI=1S/C22H19F5N2O5/c1-32-17-15(4-3-14(23)16(17)24)34-19-12(5-11(9-28-19)22(25,26)27)18(30)29-21-6-10(7-21)13(8-21)20(31)33-2/h3-5,9-10,13H,6-8H2,1-2H3,(H,29,30). The number of benzene rings is 1. The molecule has 3 aliphatic rings. The van der Waals surface area contributed by atoms with E-state index in [0.717, 1.165) is 19.2 Å². The molecule has 0 aliphatic heterocycles. The fourth-order valence-electron chi connectivity index (χ4n) is 4.61. The van der Waals surface area contributed by atoms with E-state index in [2.05, 4.69) is 10.3 Å². The van der Waals surface area contributed by atoms with E-state index in [1.54, 1.807) is 0 Å². The van der Waals surface area contributed by atoms with E-state index in [1.807, 2.05) is 0 Å². The van der Waals surface area contributed by atoms with Crippen LogP contribution in [0.1, 0.15) is 35.2 Å². The predicted molar refractivity (Wildman–Crippen MR) is 105 cm³/mol. The lowest BCUT2D eigenvalue weighted by molar-refractivity contribution is -0.146. The lowest BCUT2D eigenvalue weighted by Gasteiger charge is -2.39. The number of rotatable bonds is 6. The number of carbonyl (C=O) groups is 2. The van der Waals surface area contributed by atoms with Gasteiger partial charge in [0.25, 0.3) is 5.91 Å². The molecule has 2 bridgehead atoms. The molecule has 0 spiro atoms. The number of amides is 1. The predicted octanol–water partition coefficient (Wildman–Crippen LogP) is 4.25. The van der Waals surface area contributed by atoms with Crippen LogP contribution in [0.15, 0.2) is 24.4 Å². The zero-order valence-corrected chi connectivity index (χ0v) is 18.0. The van der Waals surface area contributed by atoms with Crippen LogP contribution < -0.4 is 14.8 Å². The fraction of sp³-hybridized carbons (Fsp3) is 0.409. The molecule has 0 radical (unpaired) electrons. The summed E-state index contributed by atoms with van der Waals surface area (Å²) in [5, 5.41) is 2.70. The molecule has 5 rings (SSSR count). The Kier molecular flexibility index (Phi) is 5.86. The second-order valence-corrected chi connectivity index (χ2v) is 8.31. The Morgan fingerprint density at radius 1 is 1.15 bits per heavy atom. The molecule has 182 valence electrons. The van der Waals surface area contributed by atoms with Crippen molar-refractivity contribution in [2.45, 2.75) is 31.0 Å². The second kappa shape index (κ2) is 8.41. The third-order valence-corrected chi connectivity index (χ3v) is 6.22. The highest BCUT2D eigenvalue weighted by Gasteiger charge is 2.59. The minimum absolute atomic E-state index is 0.00885. The SMILES string of the molecule is COC(=O)C1CC2(NC(=O)c3cc(C(F)(F)F)cnc3Oc3ccc(F)c(F)c3OC)CC1C2. The monoisotopic (exact) mass is 486 g/mol. The van der Waals surface area contributed by atoms with Gasteiger partial charge in [-0.2, -0.15) is 17.6 Å². The second-order valence-electron chi connectivity index (χ2n) is 8.31. The zero-order valence-electron chi connectivity index (χ0n) is 18.0. The van der Waals surface area contributed by atoms with E-state index < -0.39 is 69.6 Å². The molecule has 1 aromatic heterocycles. The molecule has 1 N–H and O–H groups in total. The van der Waals surface area contributed by atoms with Gasteiger partial charge in [-0.25, -0.2) is 9.37 Å². The summed E-state index contributed by atoms with van der Waals surface area (Å²) in [6.45, 7) is 0. The minimum Gasteiger partial charge on any atom is -0.490 e. The van der Waals surface area contributed by atoms with Crippen molar-refractivity contribution in [1.29, 1.82) is 0 Å². The maximum Gasteiger partial charge on any atom is 0.417 e. The number of nitrogens with one attached hydrogen (secondary N) is 1. The third-order valence-electron chi connectivity index (χ3n) is 6.22. The normalized spacial score (nSPS) is 23.1. The molecule has 2 aromatic rings. The first-order chi connectivity index (χ1) is 16.0. The van der Waals surface area contributed by atoms with E-state index in [9.17, 15) is 31.5 Å². The van der Waals surface area contributed by atoms with Gasteiger partial charge in [-0.15, -0.1) is 0 Å². The van der Waals surface area contributed by atoms with Crippen LogP contribution >= 0.6 is 0 Å². The Morgan fingerprint density at radius 3 is 2.47 bits per heavy atom. The summed E-state index contributed by atoms with van der Waals surface area (Å²) in [6, 6.07) is 2.28. The van der Waals surface area contributed by atoms with Crippen LogP contribution in [0.25, 0.3) is 0 Å². The highest BCUT2D eigenvalue weighted by atomic mass is 19.4. The van der Waals surface area contributed by atoms with Crippen molar-refractivity contribution in [3.8, 4) is 17.4 Å². The number of aromatic nitrogens is 1. The van der Waals surface area contributed by atoms with E-state index in [-0.39, 0.29) is 12.3 Å². The molecule has 1 amide bonds. The van der Waals surface area contributed by atoms with Crippen molar-refractivity contribution in [2.24, 2.45) is 11.8 Å². The van der Waals surface area contributed by atoms with Crippen molar-refractivity contribution in [1.82, 2.24) is 10.3 Å². The van der Waals surface area contributed by atoms with Crippen LogP contribution in [-0.4, -0.2) is 36.6 Å². The molecule has 1 unspecified atom stereocenters. The quantitative estimate of drug-likeness (QED) is 0.485. The largest absolute Gasteiger partial charge is 0.490 e. The Morgan fingerprint density at radius 2 is 1.85 bits per heavy atom. The van der Waals surface area contributed by atoms with Crippen LogP contribution in [-0.2, 0) is 15.7 Å². The maximum absolute atomic E-state index is 14.0. The Balaban J connectivity index is 1.66. The van der Waals surface area contributed by atoms with Crippen LogP contribution in [0.5, 0.6) is 17.4 Å². The molecule has 3 saturated carbocycles. The molecule has 0 saturated heterocycles. The molecule has 7 nitrogen and oxygen atoms in total. The first-order valence-corrected chi connectivity index (χ1v) is 10.2. The number of hydrogen-bond donors (Lipinski definition) is 1. The van der Waals surface area contributed by atoms with E-state index in [4.69, 9.17) is 14.2 Å². The van der Waals surface area contributed by atoms with Crippen molar-refractivity contribution in [2.75, 3.05) is 14.2 Å². The van der Waals surface area contributed by atoms with Gasteiger partial charge in [0.15, 0.2) is 11.6 Å². The highest BCUT2D eigenvalue weighted by Crippen LogP contribution is 2.56. The first kappa shape index (κ1) is 23.7. The van der Waals surface area contributed by atoms with Crippen molar-refractivity contribution < 1.29 is 45.8 Å². The number of ether oxygens (including phenoxy) is 3. The fourth-order valence-corrected chi connectivity index (χ4v) is 4.61. The lowest BCUT2D eigenvalue weighted by Crippen LogP contribution is -2.51. The number of halogens is 5. The number of nitrogens with zero attached hydrogens (tertiary/aromatic N) is 1. The Hall–Kier alpha value is -3.44. The van der Waals surface area contributed by atoms with Crippen LogP contribution in [0.4, 0.5) is 22.0 Å². The molecular formula is C22H19F5N2O5. The first-order valence-electron chi connectivity index (χ1n) is 10.2. The molecule has 3 fully saturated rings. The van der Waals surface area contributed by atoms with Crippen LogP contribution in [0.2, 0.25) is 0 Å². The van der Waals surface area contributed by atoms with Gasteiger partial charge in [0.2, 0.25) is 17.4 Å². The van der Waals surface area contributed by atoms with Gasteiger partial charge in [-0.1, -0.05) is 0 Å².